The maximum Gasteiger partial charge on any atom is 0.110 e. The highest BCUT2D eigenvalue weighted by atomic mass is 16.6. The molecule has 1 saturated heterocycles. The van der Waals surface area contributed by atoms with Crippen LogP contribution in [-0.4, -0.2) is 23.4 Å². The Morgan fingerprint density at radius 2 is 1.59 bits per heavy atom. The van der Waals surface area contributed by atoms with Gasteiger partial charge in [0.1, 0.15) is 6.10 Å². The predicted molar refractivity (Wildman–Crippen MR) is 95.0 cm³/mol. The smallest absolute Gasteiger partial charge is 0.110 e. The van der Waals surface area contributed by atoms with E-state index in [1.165, 1.54) is 16.7 Å². The van der Waals surface area contributed by atoms with Crippen molar-refractivity contribution in [1.82, 2.24) is 0 Å². The fraction of sp³-hybridized carbons (Fsp3) is 0.700. The Morgan fingerprint density at radius 1 is 1.05 bits per heavy atom. The van der Waals surface area contributed by atoms with Gasteiger partial charge >= 0.3 is 0 Å². The van der Waals surface area contributed by atoms with Gasteiger partial charge in [0, 0.05) is 1.37 Å². The predicted octanol–water partition coefficient (Wildman–Crippen LogP) is 5.34. The second kappa shape index (κ2) is 9.32. The molecule has 0 aromatic rings. The van der Waals surface area contributed by atoms with Gasteiger partial charge in [0.25, 0.3) is 0 Å². The van der Waals surface area contributed by atoms with Gasteiger partial charge in [-0.05, 0) is 73.1 Å². The lowest BCUT2D eigenvalue weighted by molar-refractivity contribution is 0.235. The highest BCUT2D eigenvalue weighted by Crippen LogP contribution is 2.39. The van der Waals surface area contributed by atoms with Gasteiger partial charge in [0.05, 0.1) is 12.2 Å². The minimum atomic E-state index is -0.451. The topological polar surface area (TPSA) is 32.8 Å². The van der Waals surface area contributed by atoms with E-state index in [0.717, 1.165) is 25.7 Å². The number of hydrogen-bond donors (Lipinski definition) is 1. The van der Waals surface area contributed by atoms with Gasteiger partial charge in [-0.25, -0.2) is 0 Å². The van der Waals surface area contributed by atoms with Crippen LogP contribution in [0.5, 0.6) is 0 Å². The summed E-state index contributed by atoms with van der Waals surface area (Å²) in [4.78, 5) is 0. The summed E-state index contributed by atoms with van der Waals surface area (Å²) >= 11 is 0. The first-order valence-electron chi connectivity index (χ1n) is 9.03. The number of allylic oxidation sites excluding steroid dienone is 6. The molecule has 3 atom stereocenters. The summed E-state index contributed by atoms with van der Waals surface area (Å²) in [7, 11) is 0. The fourth-order valence-corrected chi connectivity index (χ4v) is 2.50. The first kappa shape index (κ1) is 17.5. The summed E-state index contributed by atoms with van der Waals surface area (Å²) < 4.78 is 13.6. The molecule has 0 amide bonds. The summed E-state index contributed by atoms with van der Waals surface area (Å²) in [6.07, 6.45) is 11.4. The van der Waals surface area contributed by atoms with E-state index in [2.05, 4.69) is 45.9 Å². The van der Waals surface area contributed by atoms with Crippen molar-refractivity contribution in [3.8, 4) is 0 Å². The summed E-state index contributed by atoms with van der Waals surface area (Å²) in [6.45, 7) is 10.6. The van der Waals surface area contributed by atoms with Crippen LogP contribution in [-0.2, 0) is 4.74 Å². The molecule has 22 heavy (non-hydrogen) atoms. The molecule has 0 aliphatic carbocycles. The molecule has 0 aromatic carbocycles. The summed E-state index contributed by atoms with van der Waals surface area (Å²) in [6, 6.07) is 0. The normalized spacial score (nSPS) is 27.4. The van der Waals surface area contributed by atoms with Crippen LogP contribution in [0, 0.1) is 0 Å². The molecule has 126 valence electrons. The molecule has 0 unspecified atom stereocenters. The second-order valence-electron chi connectivity index (χ2n) is 6.87. The van der Waals surface area contributed by atoms with Gasteiger partial charge < -0.3 is 9.84 Å². The Kier molecular flexibility index (Phi) is 7.41. The Balaban J connectivity index is 2.28. The largest absolute Gasteiger partial charge is 0.394 e. The quantitative estimate of drug-likeness (QED) is 0.437. The summed E-state index contributed by atoms with van der Waals surface area (Å²) in [5, 5.41) is 9.09. The van der Waals surface area contributed by atoms with Crippen LogP contribution in [0.15, 0.2) is 34.9 Å². The SMILES string of the molecule is [2H][C@H](C/C=C(\C)CC/C=C(\C)CCC=C(C)C)[C@@]1(C)O[C@H]1CO. The highest BCUT2D eigenvalue weighted by molar-refractivity contribution is 5.06. The number of ether oxygens (including phenoxy) is 1. The van der Waals surface area contributed by atoms with Crippen LogP contribution in [0.2, 0.25) is 0 Å². The zero-order valence-corrected chi connectivity index (χ0v) is 15.0. The molecule has 1 N–H and O–H groups in total. The first-order valence-corrected chi connectivity index (χ1v) is 8.45. The van der Waals surface area contributed by atoms with E-state index in [1.54, 1.807) is 0 Å². The van der Waals surface area contributed by atoms with Gasteiger partial charge in [-0.15, -0.1) is 0 Å². The lowest BCUT2D eigenvalue weighted by Gasteiger charge is -2.04. The van der Waals surface area contributed by atoms with Gasteiger partial charge in [-0.1, -0.05) is 34.9 Å². The molecule has 1 rings (SSSR count). The average Bonchev–Trinajstić information content (AvgIpc) is 3.16. The fourth-order valence-electron chi connectivity index (χ4n) is 2.50. The Bertz CT molecular complexity index is 460. The van der Waals surface area contributed by atoms with Crippen molar-refractivity contribution in [1.29, 1.82) is 0 Å². The third kappa shape index (κ3) is 7.42. The Labute approximate surface area is 138 Å². The number of epoxide rings is 1. The minimum Gasteiger partial charge on any atom is -0.394 e. The molecule has 1 fully saturated rings. The molecule has 2 heteroatoms. The van der Waals surface area contributed by atoms with E-state index >= 15 is 0 Å². The molecule has 0 radical (unpaired) electrons. The highest BCUT2D eigenvalue weighted by Gasteiger charge is 2.50. The number of hydrogen-bond acceptors (Lipinski definition) is 2. The summed E-state index contributed by atoms with van der Waals surface area (Å²) in [5.41, 5.74) is 3.73. The van der Waals surface area contributed by atoms with Crippen molar-refractivity contribution >= 4 is 0 Å². The summed E-state index contributed by atoms with van der Waals surface area (Å²) in [5.74, 6) is 0. The van der Waals surface area contributed by atoms with Crippen LogP contribution < -0.4 is 0 Å². The van der Waals surface area contributed by atoms with Crippen LogP contribution >= 0.6 is 0 Å². The van der Waals surface area contributed by atoms with Crippen molar-refractivity contribution < 1.29 is 11.2 Å². The lowest BCUT2D eigenvalue weighted by Crippen LogP contribution is -2.11. The van der Waals surface area contributed by atoms with E-state index in [1.807, 2.05) is 6.92 Å². The number of aliphatic hydroxyl groups is 1. The van der Waals surface area contributed by atoms with E-state index in [9.17, 15) is 0 Å². The van der Waals surface area contributed by atoms with Gasteiger partial charge in [-0.2, -0.15) is 0 Å². The molecule has 0 bridgehead atoms. The van der Waals surface area contributed by atoms with Gasteiger partial charge in [0.2, 0.25) is 0 Å². The maximum absolute atomic E-state index is 9.09. The zero-order chi connectivity index (χ0) is 17.5. The van der Waals surface area contributed by atoms with Crippen molar-refractivity contribution in [3.63, 3.8) is 0 Å². The molecule has 1 aliphatic heterocycles. The molecular formula is C20H34O2. The van der Waals surface area contributed by atoms with E-state index in [0.29, 0.717) is 6.42 Å². The number of aliphatic hydroxyl groups excluding tert-OH is 1. The Hall–Kier alpha value is -0.860. The molecule has 0 spiro atoms. The van der Waals surface area contributed by atoms with Crippen molar-refractivity contribution in [2.75, 3.05) is 6.61 Å². The molecule has 0 aromatic heterocycles. The first-order chi connectivity index (χ1) is 10.8. The van der Waals surface area contributed by atoms with Gasteiger partial charge in [-0.3, -0.25) is 0 Å². The van der Waals surface area contributed by atoms with Gasteiger partial charge in [0.15, 0.2) is 0 Å². The van der Waals surface area contributed by atoms with E-state index in [-0.39, 0.29) is 19.1 Å². The molecule has 1 heterocycles. The molecule has 2 nitrogen and oxygen atoms in total. The standard InChI is InChI=1S/C20H34O2/c1-16(2)9-6-10-17(3)11-7-12-18(4)13-8-14-20(5)19(15-21)22-20/h9,11,13,19,21H,6-8,10,12,14-15H2,1-5H3/b17-11+,18-13+/t19-,20+/m0/s1/i14D/t14-,19+,20-/m1. The monoisotopic (exact) mass is 307 g/mol. The Morgan fingerprint density at radius 3 is 2.09 bits per heavy atom. The lowest BCUT2D eigenvalue weighted by atomic mass is 10.00. The zero-order valence-electron chi connectivity index (χ0n) is 16.0. The van der Waals surface area contributed by atoms with Crippen LogP contribution in [0.25, 0.3) is 0 Å². The molecule has 1 aliphatic rings. The second-order valence-corrected chi connectivity index (χ2v) is 6.87. The van der Waals surface area contributed by atoms with Crippen molar-refractivity contribution in [2.45, 2.75) is 84.8 Å². The number of rotatable bonds is 10. The molecular weight excluding hydrogens is 272 g/mol. The maximum atomic E-state index is 9.09. The van der Waals surface area contributed by atoms with Crippen LogP contribution in [0.1, 0.15) is 74.5 Å². The molecule has 0 saturated carbocycles. The van der Waals surface area contributed by atoms with E-state index in [4.69, 9.17) is 11.2 Å². The van der Waals surface area contributed by atoms with Crippen LogP contribution in [0.3, 0.4) is 0 Å². The van der Waals surface area contributed by atoms with E-state index < -0.39 is 5.60 Å². The average molecular weight is 307 g/mol. The van der Waals surface area contributed by atoms with Crippen LogP contribution in [0.4, 0.5) is 0 Å². The third-order valence-electron chi connectivity index (χ3n) is 4.26. The third-order valence-corrected chi connectivity index (χ3v) is 4.26. The van der Waals surface area contributed by atoms with Crippen molar-refractivity contribution in [3.05, 3.63) is 34.9 Å². The minimum absolute atomic E-state index is 0.0192. The van der Waals surface area contributed by atoms with Crippen molar-refractivity contribution in [2.24, 2.45) is 0 Å².